The van der Waals surface area contributed by atoms with Gasteiger partial charge in [0, 0.05) is 0 Å². The van der Waals surface area contributed by atoms with Crippen LogP contribution in [0, 0.1) is 29.1 Å². The van der Waals surface area contributed by atoms with Crippen molar-refractivity contribution in [2.45, 2.75) is 0 Å². The van der Waals surface area contributed by atoms with Crippen LogP contribution in [0.3, 0.4) is 0 Å². The van der Waals surface area contributed by atoms with Crippen LogP contribution in [0.4, 0.5) is 22.0 Å². The maximum atomic E-state index is 13.1. The molecule has 0 bridgehead atoms. The van der Waals surface area contributed by atoms with E-state index in [9.17, 15) is 30.4 Å². The zero-order chi connectivity index (χ0) is 15.5. The molecule has 0 amide bonds. The van der Waals surface area contributed by atoms with Crippen molar-refractivity contribution >= 4 is 10.1 Å². The highest BCUT2D eigenvalue weighted by atomic mass is 32.2. The highest BCUT2D eigenvalue weighted by Gasteiger charge is 2.26. The van der Waals surface area contributed by atoms with E-state index in [0.29, 0.717) is 0 Å². The third-order valence-electron chi connectivity index (χ3n) is 1.88. The molecule has 0 aliphatic heterocycles. The van der Waals surface area contributed by atoms with Crippen LogP contribution in [0.25, 0.3) is 0 Å². The Balaban J connectivity index is 2.70. The topological polar surface area (TPSA) is 72.8 Å². The molecular formula is C9H7F5O5S. The van der Waals surface area contributed by atoms with Crippen LogP contribution in [-0.2, 0) is 14.9 Å². The van der Waals surface area contributed by atoms with Crippen LogP contribution in [0.2, 0.25) is 0 Å². The van der Waals surface area contributed by atoms with E-state index in [4.69, 9.17) is 4.55 Å². The summed E-state index contributed by atoms with van der Waals surface area (Å²) >= 11 is 0. The van der Waals surface area contributed by atoms with Gasteiger partial charge >= 0.3 is 0 Å². The highest BCUT2D eigenvalue weighted by molar-refractivity contribution is 7.85. The summed E-state index contributed by atoms with van der Waals surface area (Å²) in [6, 6.07) is 0. The van der Waals surface area contributed by atoms with Crippen molar-refractivity contribution in [1.29, 1.82) is 0 Å². The lowest BCUT2D eigenvalue weighted by atomic mass is 10.2. The maximum absolute atomic E-state index is 13.1. The van der Waals surface area contributed by atoms with Gasteiger partial charge in [-0.2, -0.15) is 17.2 Å². The van der Waals surface area contributed by atoms with Crippen LogP contribution < -0.4 is 4.74 Å². The minimum Gasteiger partial charge on any atom is -0.485 e. The number of benzene rings is 1. The van der Waals surface area contributed by atoms with Gasteiger partial charge in [-0.25, -0.2) is 13.2 Å². The van der Waals surface area contributed by atoms with E-state index >= 15 is 0 Å². The van der Waals surface area contributed by atoms with E-state index in [-0.39, 0.29) is 0 Å². The van der Waals surface area contributed by atoms with E-state index in [2.05, 4.69) is 9.47 Å². The minimum atomic E-state index is -4.40. The second kappa shape index (κ2) is 6.33. The predicted molar refractivity (Wildman–Crippen MR) is 54.1 cm³/mol. The summed E-state index contributed by atoms with van der Waals surface area (Å²) in [4.78, 5) is 0. The van der Waals surface area contributed by atoms with E-state index < -0.39 is 64.1 Å². The maximum Gasteiger partial charge on any atom is 0.289 e. The molecule has 0 aliphatic rings. The van der Waals surface area contributed by atoms with E-state index in [1.807, 2.05) is 0 Å². The molecule has 1 aromatic carbocycles. The van der Waals surface area contributed by atoms with Gasteiger partial charge in [-0.1, -0.05) is 0 Å². The van der Waals surface area contributed by atoms with Crippen molar-refractivity contribution in [2.24, 2.45) is 0 Å². The molecule has 5 nitrogen and oxygen atoms in total. The van der Waals surface area contributed by atoms with Crippen molar-refractivity contribution < 1.29 is 44.4 Å². The summed E-state index contributed by atoms with van der Waals surface area (Å²) in [5, 5.41) is 0. The van der Waals surface area contributed by atoms with E-state index in [1.54, 1.807) is 0 Å². The molecule has 1 rings (SSSR count). The second-order valence-electron chi connectivity index (χ2n) is 3.36. The Bertz CT molecular complexity index is 574. The summed E-state index contributed by atoms with van der Waals surface area (Å²) in [6.07, 6.45) is 0. The smallest absolute Gasteiger partial charge is 0.289 e. The number of ether oxygens (including phenoxy) is 2. The Morgan fingerprint density at radius 1 is 0.850 bits per heavy atom. The van der Waals surface area contributed by atoms with Gasteiger partial charge in [-0.3, -0.25) is 4.55 Å². The fourth-order valence-corrected chi connectivity index (χ4v) is 1.41. The molecule has 0 unspecified atom stereocenters. The Hall–Kier alpha value is -1.46. The number of halogens is 5. The lowest BCUT2D eigenvalue weighted by Gasteiger charge is -2.10. The zero-order valence-electron chi connectivity index (χ0n) is 9.50. The van der Waals surface area contributed by atoms with E-state index in [1.165, 1.54) is 0 Å². The Kier molecular flexibility index (Phi) is 5.25. The number of hydrogen-bond acceptors (Lipinski definition) is 4. The van der Waals surface area contributed by atoms with Crippen molar-refractivity contribution in [3.8, 4) is 5.75 Å². The molecule has 0 aromatic heterocycles. The van der Waals surface area contributed by atoms with Gasteiger partial charge in [0.15, 0.2) is 11.7 Å². The largest absolute Gasteiger partial charge is 0.485 e. The summed E-state index contributed by atoms with van der Waals surface area (Å²) in [6.45, 7) is -1.27. The molecule has 0 aliphatic carbocycles. The first kappa shape index (κ1) is 16.6. The van der Waals surface area contributed by atoms with Crippen LogP contribution in [0.1, 0.15) is 0 Å². The number of rotatable bonds is 6. The molecule has 114 valence electrons. The Morgan fingerprint density at radius 2 is 1.30 bits per heavy atom. The van der Waals surface area contributed by atoms with Crippen LogP contribution in [-0.4, -0.2) is 32.1 Å². The molecule has 0 heterocycles. The van der Waals surface area contributed by atoms with Crippen LogP contribution in [0.5, 0.6) is 5.75 Å². The average molecular weight is 322 g/mol. The quantitative estimate of drug-likeness (QED) is 0.283. The van der Waals surface area contributed by atoms with Gasteiger partial charge in [0.1, 0.15) is 6.61 Å². The zero-order valence-corrected chi connectivity index (χ0v) is 10.3. The lowest BCUT2D eigenvalue weighted by molar-refractivity contribution is 0.122. The van der Waals surface area contributed by atoms with Crippen molar-refractivity contribution in [3.63, 3.8) is 0 Å². The van der Waals surface area contributed by atoms with Crippen LogP contribution >= 0.6 is 0 Å². The lowest BCUT2D eigenvalue weighted by Crippen LogP contribution is -2.15. The minimum absolute atomic E-state index is 0.570. The summed E-state index contributed by atoms with van der Waals surface area (Å²) in [7, 11) is -4.40. The van der Waals surface area contributed by atoms with Crippen molar-refractivity contribution in [3.05, 3.63) is 29.1 Å². The first-order valence-corrected chi connectivity index (χ1v) is 6.43. The first-order valence-electron chi connectivity index (χ1n) is 4.82. The van der Waals surface area contributed by atoms with Gasteiger partial charge < -0.3 is 9.47 Å². The molecule has 11 heteroatoms. The third kappa shape index (κ3) is 4.02. The molecule has 0 atom stereocenters. The fourth-order valence-electron chi connectivity index (χ4n) is 1.08. The molecule has 1 N–H and O–H groups in total. The van der Waals surface area contributed by atoms with Gasteiger partial charge in [-0.05, 0) is 0 Å². The third-order valence-corrected chi connectivity index (χ3v) is 2.34. The van der Waals surface area contributed by atoms with Gasteiger partial charge in [-0.15, -0.1) is 0 Å². The van der Waals surface area contributed by atoms with Gasteiger partial charge in [0.05, 0.1) is 6.61 Å². The predicted octanol–water partition coefficient (Wildman–Crippen LogP) is 1.62. The Labute approximate surface area is 109 Å². The Morgan fingerprint density at radius 3 is 1.75 bits per heavy atom. The molecule has 0 fully saturated rings. The molecule has 1 aromatic rings. The average Bonchev–Trinajstić information content (AvgIpc) is 2.36. The number of hydrogen-bond donors (Lipinski definition) is 1. The van der Waals surface area contributed by atoms with Gasteiger partial charge in [0.25, 0.3) is 10.1 Å². The molecule has 20 heavy (non-hydrogen) atoms. The normalized spacial score (nSPS) is 11.7. The van der Waals surface area contributed by atoms with Crippen LogP contribution in [0.15, 0.2) is 0 Å². The first-order chi connectivity index (χ1) is 9.15. The monoisotopic (exact) mass is 322 g/mol. The fraction of sp³-hybridized carbons (Fsp3) is 0.333. The molecule has 0 saturated carbocycles. The van der Waals surface area contributed by atoms with Crippen molar-refractivity contribution in [1.82, 2.24) is 0 Å². The highest BCUT2D eigenvalue weighted by Crippen LogP contribution is 2.28. The summed E-state index contributed by atoms with van der Waals surface area (Å²) in [5.74, 6) is -13.6. The SMILES string of the molecule is O=S(=O)(O)COCCOc1c(F)c(F)c(F)c(F)c1F. The van der Waals surface area contributed by atoms with E-state index in [0.717, 1.165) is 0 Å². The molecular weight excluding hydrogens is 315 g/mol. The summed E-state index contributed by atoms with van der Waals surface area (Å²) < 4.78 is 102. The molecule has 0 saturated heterocycles. The van der Waals surface area contributed by atoms with Gasteiger partial charge in [0.2, 0.25) is 29.1 Å². The van der Waals surface area contributed by atoms with Crippen molar-refractivity contribution in [2.75, 3.05) is 19.2 Å². The second-order valence-corrected chi connectivity index (χ2v) is 4.76. The molecule has 0 radical (unpaired) electrons. The molecule has 0 spiro atoms. The summed E-state index contributed by atoms with van der Waals surface area (Å²) in [5.41, 5.74) is 0. The standard InChI is InChI=1S/C9H7F5O5S/c10-4-5(11)7(13)9(8(14)6(4)12)19-2-1-18-3-20(15,16)17/h1-3H2,(H,15,16,17).